The third-order valence-corrected chi connectivity index (χ3v) is 3.68. The van der Waals surface area contributed by atoms with E-state index in [0.29, 0.717) is 12.1 Å². The van der Waals surface area contributed by atoms with Crippen LogP contribution in [-0.4, -0.2) is 26.0 Å². The Kier molecular flexibility index (Phi) is 4.59. The average Bonchev–Trinajstić information content (AvgIpc) is 2.25. The van der Waals surface area contributed by atoms with Gasteiger partial charge in [0.25, 0.3) is 0 Å². The van der Waals surface area contributed by atoms with Crippen LogP contribution in [0.2, 0.25) is 0 Å². The summed E-state index contributed by atoms with van der Waals surface area (Å²) < 4.78 is 52.6. The van der Waals surface area contributed by atoms with Gasteiger partial charge in [-0.3, -0.25) is 0 Å². The van der Waals surface area contributed by atoms with E-state index >= 15 is 0 Å². The molecule has 0 aliphatic rings. The topological polar surface area (TPSA) is 83.5 Å². The number of rotatable bonds is 5. The molecule has 0 bridgehead atoms. The van der Waals surface area contributed by atoms with Crippen molar-refractivity contribution in [2.75, 3.05) is 6.54 Å². The molecule has 0 saturated carbocycles. The molecule has 0 aromatic heterocycles. The van der Waals surface area contributed by atoms with Gasteiger partial charge in [-0.1, -0.05) is 13.8 Å². The molecule has 19 heavy (non-hydrogen) atoms. The Morgan fingerprint density at radius 1 is 1.37 bits per heavy atom. The highest BCUT2D eigenvalue weighted by molar-refractivity contribution is 7.89. The first kappa shape index (κ1) is 15.5. The molecule has 8 heteroatoms. The van der Waals surface area contributed by atoms with Crippen LogP contribution in [0.1, 0.15) is 24.2 Å². The number of hydrogen-bond donors (Lipinski definition) is 2. The highest BCUT2D eigenvalue weighted by Crippen LogP contribution is 2.21. The average molecular weight is 293 g/mol. The minimum atomic E-state index is -4.21. The summed E-state index contributed by atoms with van der Waals surface area (Å²) in [6, 6.07) is 1.30. The molecule has 0 saturated heterocycles. The molecule has 0 fully saturated rings. The van der Waals surface area contributed by atoms with Gasteiger partial charge in [0.15, 0.2) is 5.82 Å². The summed E-state index contributed by atoms with van der Waals surface area (Å²) in [5, 5.41) is 8.66. The Labute approximate surface area is 109 Å². The van der Waals surface area contributed by atoms with Crippen molar-refractivity contribution in [2.45, 2.75) is 18.7 Å². The van der Waals surface area contributed by atoms with Crippen LogP contribution in [0, 0.1) is 17.6 Å². The predicted molar refractivity (Wildman–Crippen MR) is 63.3 cm³/mol. The molecular weight excluding hydrogens is 280 g/mol. The van der Waals surface area contributed by atoms with Gasteiger partial charge in [-0.05, 0) is 18.1 Å². The second-order valence-corrected chi connectivity index (χ2v) is 6.02. The predicted octanol–water partition coefficient (Wildman–Crippen LogP) is 1.60. The van der Waals surface area contributed by atoms with Crippen molar-refractivity contribution < 1.29 is 27.1 Å². The monoisotopic (exact) mass is 293 g/mol. The molecular formula is C11H13F2NO4S. The van der Waals surface area contributed by atoms with Crippen LogP contribution >= 0.6 is 0 Å². The second-order valence-electron chi connectivity index (χ2n) is 4.29. The van der Waals surface area contributed by atoms with Crippen LogP contribution in [0.15, 0.2) is 17.0 Å². The Morgan fingerprint density at radius 2 is 1.95 bits per heavy atom. The fourth-order valence-electron chi connectivity index (χ4n) is 1.29. The zero-order valence-corrected chi connectivity index (χ0v) is 11.1. The molecule has 5 nitrogen and oxygen atoms in total. The number of hydrogen-bond acceptors (Lipinski definition) is 3. The van der Waals surface area contributed by atoms with Crippen molar-refractivity contribution in [3.8, 4) is 0 Å². The first-order valence-electron chi connectivity index (χ1n) is 5.37. The molecule has 1 rings (SSSR count). The van der Waals surface area contributed by atoms with E-state index in [1.54, 1.807) is 13.8 Å². The Morgan fingerprint density at radius 3 is 2.42 bits per heavy atom. The maximum Gasteiger partial charge on any atom is 0.341 e. The molecule has 106 valence electrons. The van der Waals surface area contributed by atoms with Crippen molar-refractivity contribution in [2.24, 2.45) is 5.92 Å². The van der Waals surface area contributed by atoms with Crippen LogP contribution < -0.4 is 4.72 Å². The van der Waals surface area contributed by atoms with Crippen molar-refractivity contribution in [3.63, 3.8) is 0 Å². The van der Waals surface area contributed by atoms with Gasteiger partial charge < -0.3 is 5.11 Å². The molecule has 0 radical (unpaired) electrons. The molecule has 1 aromatic carbocycles. The highest BCUT2D eigenvalue weighted by atomic mass is 32.2. The number of halogens is 2. The lowest BCUT2D eigenvalue weighted by molar-refractivity contribution is 0.0685. The second kappa shape index (κ2) is 5.62. The zero-order chi connectivity index (χ0) is 14.8. The lowest BCUT2D eigenvalue weighted by Gasteiger charge is -2.10. The van der Waals surface area contributed by atoms with Crippen LogP contribution in [-0.2, 0) is 10.0 Å². The van der Waals surface area contributed by atoms with Gasteiger partial charge in [0.1, 0.15) is 16.3 Å². The summed E-state index contributed by atoms with van der Waals surface area (Å²) >= 11 is 0. The fourth-order valence-corrected chi connectivity index (χ4v) is 2.58. The summed E-state index contributed by atoms with van der Waals surface area (Å²) in [7, 11) is -4.21. The van der Waals surface area contributed by atoms with Gasteiger partial charge in [-0.25, -0.2) is 26.7 Å². The molecule has 0 heterocycles. The first-order chi connectivity index (χ1) is 8.66. The van der Waals surface area contributed by atoms with Gasteiger partial charge >= 0.3 is 5.97 Å². The first-order valence-corrected chi connectivity index (χ1v) is 6.86. The third kappa shape index (κ3) is 3.48. The van der Waals surface area contributed by atoms with Gasteiger partial charge in [-0.15, -0.1) is 0 Å². The van der Waals surface area contributed by atoms with E-state index in [0.717, 1.165) is 0 Å². The Bertz CT molecular complexity index is 599. The number of carboxylic acid groups (broad SMARTS) is 1. The highest BCUT2D eigenvalue weighted by Gasteiger charge is 2.26. The van der Waals surface area contributed by atoms with E-state index in [1.807, 2.05) is 0 Å². The maximum atomic E-state index is 13.8. The summed E-state index contributed by atoms with van der Waals surface area (Å²) in [5.41, 5.74) is -1.28. The standard InChI is InChI=1S/C11H13F2NO4S/c1-6(2)5-14-19(17,18)8-4-3-7(12)9(10(8)13)11(15)16/h3-4,6,14H,5H2,1-2H3,(H,15,16). The third-order valence-electron chi connectivity index (χ3n) is 2.24. The van der Waals surface area contributed by atoms with Crippen molar-refractivity contribution in [1.29, 1.82) is 0 Å². The van der Waals surface area contributed by atoms with Crippen LogP contribution in [0.5, 0.6) is 0 Å². The largest absolute Gasteiger partial charge is 0.477 e. The smallest absolute Gasteiger partial charge is 0.341 e. The number of aromatic carboxylic acids is 1. The maximum absolute atomic E-state index is 13.8. The molecule has 0 aliphatic carbocycles. The molecule has 0 amide bonds. The Hall–Kier alpha value is -1.54. The summed E-state index contributed by atoms with van der Waals surface area (Å²) in [4.78, 5) is 9.81. The lowest BCUT2D eigenvalue weighted by atomic mass is 10.2. The molecule has 0 spiro atoms. The summed E-state index contributed by atoms with van der Waals surface area (Å²) in [6.07, 6.45) is 0. The number of benzene rings is 1. The van der Waals surface area contributed by atoms with E-state index in [-0.39, 0.29) is 12.5 Å². The minimum absolute atomic E-state index is 0.0165. The molecule has 0 atom stereocenters. The number of nitrogens with one attached hydrogen (secondary N) is 1. The number of carbonyl (C=O) groups is 1. The molecule has 0 unspecified atom stereocenters. The fraction of sp³-hybridized carbons (Fsp3) is 0.364. The summed E-state index contributed by atoms with van der Waals surface area (Å²) in [5.74, 6) is -4.82. The van der Waals surface area contributed by atoms with Crippen LogP contribution in [0.25, 0.3) is 0 Å². The van der Waals surface area contributed by atoms with E-state index in [9.17, 15) is 22.0 Å². The SMILES string of the molecule is CC(C)CNS(=O)(=O)c1ccc(F)c(C(=O)O)c1F. The van der Waals surface area contributed by atoms with E-state index in [1.165, 1.54) is 0 Å². The van der Waals surface area contributed by atoms with Gasteiger partial charge in [0.2, 0.25) is 10.0 Å². The zero-order valence-electron chi connectivity index (χ0n) is 10.3. The molecule has 0 aliphatic heterocycles. The van der Waals surface area contributed by atoms with Crippen molar-refractivity contribution >= 4 is 16.0 Å². The normalized spacial score (nSPS) is 11.8. The van der Waals surface area contributed by atoms with Gasteiger partial charge in [0, 0.05) is 6.54 Å². The molecule has 2 N–H and O–H groups in total. The van der Waals surface area contributed by atoms with Crippen LogP contribution in [0.4, 0.5) is 8.78 Å². The van der Waals surface area contributed by atoms with E-state index in [2.05, 4.69) is 4.72 Å². The van der Waals surface area contributed by atoms with Crippen molar-refractivity contribution in [3.05, 3.63) is 29.3 Å². The van der Waals surface area contributed by atoms with E-state index in [4.69, 9.17) is 5.11 Å². The van der Waals surface area contributed by atoms with Crippen molar-refractivity contribution in [1.82, 2.24) is 4.72 Å². The van der Waals surface area contributed by atoms with Gasteiger partial charge in [-0.2, -0.15) is 0 Å². The Balaban J connectivity index is 3.29. The summed E-state index contributed by atoms with van der Waals surface area (Å²) in [6.45, 7) is 3.54. The minimum Gasteiger partial charge on any atom is -0.477 e. The number of sulfonamides is 1. The van der Waals surface area contributed by atoms with Crippen LogP contribution in [0.3, 0.4) is 0 Å². The quantitative estimate of drug-likeness (QED) is 0.863. The van der Waals surface area contributed by atoms with Gasteiger partial charge in [0.05, 0.1) is 0 Å². The van der Waals surface area contributed by atoms with E-state index < -0.39 is 38.1 Å². The molecule has 1 aromatic rings. The number of carboxylic acids is 1. The lowest BCUT2D eigenvalue weighted by Crippen LogP contribution is -2.29.